The minimum atomic E-state index is -0.860. The van der Waals surface area contributed by atoms with Gasteiger partial charge in [0.2, 0.25) is 0 Å². The van der Waals surface area contributed by atoms with Crippen molar-refractivity contribution in [3.8, 4) is 0 Å². The lowest BCUT2D eigenvalue weighted by Crippen LogP contribution is -2.40. The lowest BCUT2D eigenvalue weighted by atomic mass is 9.70. The number of carbonyl (C=O) groups is 4. The van der Waals surface area contributed by atoms with E-state index in [1.807, 2.05) is 0 Å². The van der Waals surface area contributed by atoms with Crippen molar-refractivity contribution in [1.82, 2.24) is 0 Å². The second-order valence-corrected chi connectivity index (χ2v) is 4.52. The van der Waals surface area contributed by atoms with E-state index in [0.29, 0.717) is 6.29 Å². The summed E-state index contributed by atoms with van der Waals surface area (Å²) >= 11 is 0. The van der Waals surface area contributed by atoms with Crippen LogP contribution >= 0.6 is 0 Å². The highest BCUT2D eigenvalue weighted by Crippen LogP contribution is 2.33. The number of hydrogen-bond donors (Lipinski definition) is 0. The molecule has 0 aliphatic heterocycles. The third-order valence-electron chi connectivity index (χ3n) is 2.71. The van der Waals surface area contributed by atoms with E-state index >= 15 is 0 Å². The highest BCUT2D eigenvalue weighted by molar-refractivity contribution is 6.09. The van der Waals surface area contributed by atoms with Crippen molar-refractivity contribution < 1.29 is 19.2 Å². The lowest BCUT2D eigenvalue weighted by Gasteiger charge is -2.30. The van der Waals surface area contributed by atoms with Crippen LogP contribution in [0, 0.1) is 11.3 Å². The van der Waals surface area contributed by atoms with Crippen molar-refractivity contribution in [2.75, 3.05) is 0 Å². The molecule has 0 N–H and O–H groups in total. The van der Waals surface area contributed by atoms with Crippen molar-refractivity contribution >= 4 is 23.6 Å². The topological polar surface area (TPSA) is 68.3 Å². The molecule has 0 atom stereocenters. The van der Waals surface area contributed by atoms with E-state index in [1.165, 1.54) is 6.92 Å². The van der Waals surface area contributed by atoms with E-state index in [0.717, 1.165) is 0 Å². The molecule has 4 heteroatoms. The summed E-state index contributed by atoms with van der Waals surface area (Å²) in [6.45, 7) is 2.95. The summed E-state index contributed by atoms with van der Waals surface area (Å²) in [6, 6.07) is 0. The zero-order chi connectivity index (χ0) is 11.6. The second kappa shape index (κ2) is 4.04. The molecule has 0 amide bonds. The van der Waals surface area contributed by atoms with Gasteiger partial charge in [-0.15, -0.1) is 0 Å². The quantitative estimate of drug-likeness (QED) is 0.508. The van der Waals surface area contributed by atoms with Gasteiger partial charge >= 0.3 is 0 Å². The summed E-state index contributed by atoms with van der Waals surface area (Å²) < 4.78 is 0. The predicted octanol–water partition coefficient (Wildman–Crippen LogP) is 0.719. The average Bonchev–Trinajstić information content (AvgIpc) is 2.11. The molecule has 1 aliphatic rings. The summed E-state index contributed by atoms with van der Waals surface area (Å²) in [6.07, 6.45) is 0.778. The van der Waals surface area contributed by atoms with E-state index < -0.39 is 11.3 Å². The number of aldehydes is 1. The number of rotatable bonds is 3. The minimum absolute atomic E-state index is 0.0212. The molecular weight excluding hydrogens is 196 g/mol. The molecule has 1 rings (SSSR count). The maximum absolute atomic E-state index is 11.6. The summed E-state index contributed by atoms with van der Waals surface area (Å²) in [4.78, 5) is 44.8. The molecule has 4 nitrogen and oxygen atoms in total. The van der Waals surface area contributed by atoms with Gasteiger partial charge in [0, 0.05) is 24.7 Å². The zero-order valence-electron chi connectivity index (χ0n) is 8.91. The van der Waals surface area contributed by atoms with E-state index in [-0.39, 0.29) is 36.6 Å². The van der Waals surface area contributed by atoms with Crippen molar-refractivity contribution in [2.24, 2.45) is 11.3 Å². The Morgan fingerprint density at radius 1 is 1.40 bits per heavy atom. The summed E-state index contributed by atoms with van der Waals surface area (Å²) in [5.74, 6) is -1.54. The van der Waals surface area contributed by atoms with Gasteiger partial charge in [0.25, 0.3) is 0 Å². The maximum atomic E-state index is 11.6. The Balaban J connectivity index is 2.82. The van der Waals surface area contributed by atoms with E-state index in [4.69, 9.17) is 0 Å². The van der Waals surface area contributed by atoms with Gasteiger partial charge in [-0.3, -0.25) is 14.4 Å². The van der Waals surface area contributed by atoms with Crippen LogP contribution in [0.5, 0.6) is 0 Å². The van der Waals surface area contributed by atoms with E-state index in [1.54, 1.807) is 6.92 Å². The molecule has 0 saturated heterocycles. The normalized spacial score (nSPS) is 31.5. The molecule has 82 valence electrons. The molecule has 1 saturated carbocycles. The third-order valence-corrected chi connectivity index (χ3v) is 2.71. The van der Waals surface area contributed by atoms with Gasteiger partial charge in [-0.2, -0.15) is 0 Å². The molecule has 0 unspecified atom stereocenters. The first kappa shape index (κ1) is 11.8. The van der Waals surface area contributed by atoms with E-state index in [9.17, 15) is 19.2 Å². The van der Waals surface area contributed by atoms with Crippen LogP contribution in [0.3, 0.4) is 0 Å². The van der Waals surface area contributed by atoms with Gasteiger partial charge in [-0.1, -0.05) is 6.92 Å². The highest BCUT2D eigenvalue weighted by atomic mass is 16.2. The van der Waals surface area contributed by atoms with Crippen LogP contribution in [0.4, 0.5) is 0 Å². The fraction of sp³-hybridized carbons (Fsp3) is 0.636. The first-order valence-electron chi connectivity index (χ1n) is 4.89. The van der Waals surface area contributed by atoms with Crippen molar-refractivity contribution in [3.05, 3.63) is 0 Å². The molecule has 0 spiro atoms. The molecular formula is C11H14O4. The van der Waals surface area contributed by atoms with Crippen LogP contribution in [0.2, 0.25) is 0 Å². The van der Waals surface area contributed by atoms with Crippen molar-refractivity contribution in [3.63, 3.8) is 0 Å². The molecule has 1 aliphatic carbocycles. The summed E-state index contributed by atoms with van der Waals surface area (Å²) in [5.41, 5.74) is -0.860. The van der Waals surface area contributed by atoms with Gasteiger partial charge in [-0.25, -0.2) is 0 Å². The largest absolute Gasteiger partial charge is 0.303 e. The molecule has 0 radical (unpaired) electrons. The highest BCUT2D eigenvalue weighted by Gasteiger charge is 2.42. The summed E-state index contributed by atoms with van der Waals surface area (Å²) in [5, 5.41) is 0. The molecule has 0 bridgehead atoms. The van der Waals surface area contributed by atoms with Gasteiger partial charge in [0.05, 0.1) is 5.92 Å². The number of Topliss-reactive ketones (excluding diaryl/α,β-unsaturated/α-hetero) is 3. The van der Waals surface area contributed by atoms with Gasteiger partial charge in [-0.05, 0) is 6.92 Å². The Labute approximate surface area is 88.0 Å². The molecule has 15 heavy (non-hydrogen) atoms. The minimum Gasteiger partial charge on any atom is -0.303 e. The van der Waals surface area contributed by atoms with Crippen LogP contribution < -0.4 is 0 Å². The monoisotopic (exact) mass is 210 g/mol. The summed E-state index contributed by atoms with van der Waals surface area (Å²) in [7, 11) is 0. The average molecular weight is 210 g/mol. The van der Waals surface area contributed by atoms with Crippen LogP contribution in [-0.4, -0.2) is 23.6 Å². The number of hydrogen-bond acceptors (Lipinski definition) is 4. The SMILES string of the molecule is CC(=O)CC1C(=O)CC(C)(C=O)CC1=O. The standard InChI is InChI=1S/C11H14O4/c1-7(13)3-8-9(14)4-11(2,6-12)5-10(8)15/h6,8H,3-5H2,1-2H3. The Morgan fingerprint density at radius 2 is 1.87 bits per heavy atom. The zero-order valence-corrected chi connectivity index (χ0v) is 8.91. The number of ketones is 3. The van der Waals surface area contributed by atoms with Crippen LogP contribution in [0.25, 0.3) is 0 Å². The van der Waals surface area contributed by atoms with Gasteiger partial charge in [0.15, 0.2) is 0 Å². The van der Waals surface area contributed by atoms with Crippen molar-refractivity contribution in [1.29, 1.82) is 0 Å². The Bertz CT molecular complexity index is 311. The van der Waals surface area contributed by atoms with Crippen LogP contribution in [0.15, 0.2) is 0 Å². The Morgan fingerprint density at radius 3 is 2.20 bits per heavy atom. The first-order valence-corrected chi connectivity index (χ1v) is 4.89. The van der Waals surface area contributed by atoms with Gasteiger partial charge in [0.1, 0.15) is 23.6 Å². The Hall–Kier alpha value is -1.32. The molecule has 1 fully saturated rings. The smallest absolute Gasteiger partial charge is 0.144 e. The lowest BCUT2D eigenvalue weighted by molar-refractivity contribution is -0.144. The predicted molar refractivity (Wildman–Crippen MR) is 52.2 cm³/mol. The third kappa shape index (κ3) is 2.58. The molecule has 0 aromatic heterocycles. The van der Waals surface area contributed by atoms with Gasteiger partial charge < -0.3 is 4.79 Å². The van der Waals surface area contributed by atoms with Crippen LogP contribution in [0.1, 0.15) is 33.1 Å². The molecule has 0 heterocycles. The van der Waals surface area contributed by atoms with E-state index in [2.05, 4.69) is 0 Å². The maximum Gasteiger partial charge on any atom is 0.144 e. The number of carbonyl (C=O) groups excluding carboxylic acids is 4. The molecule has 0 aromatic rings. The van der Waals surface area contributed by atoms with Crippen molar-refractivity contribution in [2.45, 2.75) is 33.1 Å². The fourth-order valence-corrected chi connectivity index (χ4v) is 1.88. The second-order valence-electron chi connectivity index (χ2n) is 4.52. The van der Waals surface area contributed by atoms with Crippen LogP contribution in [-0.2, 0) is 19.2 Å². The molecule has 0 aromatic carbocycles. The Kier molecular flexibility index (Phi) is 3.17. The fourth-order valence-electron chi connectivity index (χ4n) is 1.88. The first-order chi connectivity index (χ1) is 6.88.